The van der Waals surface area contributed by atoms with E-state index in [-0.39, 0.29) is 5.56 Å². The van der Waals surface area contributed by atoms with Crippen molar-refractivity contribution in [2.75, 3.05) is 11.5 Å². The van der Waals surface area contributed by atoms with Crippen LogP contribution in [0.25, 0.3) is 0 Å². The predicted molar refractivity (Wildman–Crippen MR) is 70.9 cm³/mol. The van der Waals surface area contributed by atoms with Crippen molar-refractivity contribution in [2.24, 2.45) is 0 Å². The normalized spacial score (nSPS) is 22.2. The molecule has 1 aromatic carbocycles. The summed E-state index contributed by atoms with van der Waals surface area (Å²) in [6.07, 6.45) is 0.382. The van der Waals surface area contributed by atoms with Gasteiger partial charge in [0.25, 0.3) is 5.91 Å². The standard InChI is InChI=1S/C13H14FNO3S/c1-8-4-9(6-10(14)5-8)11(16)15-13(12(17)18)2-3-19-7-13/h4-6H,2-3,7H2,1H3,(H,15,16)(H,17,18). The molecule has 102 valence electrons. The van der Waals surface area contributed by atoms with Gasteiger partial charge < -0.3 is 10.4 Å². The molecule has 4 nitrogen and oxygen atoms in total. The number of aliphatic carboxylic acids is 1. The Labute approximate surface area is 114 Å². The monoisotopic (exact) mass is 283 g/mol. The molecule has 2 rings (SSSR count). The lowest BCUT2D eigenvalue weighted by Gasteiger charge is -2.24. The summed E-state index contributed by atoms with van der Waals surface area (Å²) in [4.78, 5) is 23.4. The molecule has 1 heterocycles. The van der Waals surface area contributed by atoms with Crippen LogP contribution in [0.4, 0.5) is 4.39 Å². The van der Waals surface area contributed by atoms with Crippen LogP contribution in [-0.4, -0.2) is 34.0 Å². The number of rotatable bonds is 3. The van der Waals surface area contributed by atoms with Gasteiger partial charge in [0.15, 0.2) is 0 Å². The molecule has 1 amide bonds. The lowest BCUT2D eigenvalue weighted by atomic mass is 9.98. The molecule has 0 aromatic heterocycles. The van der Waals surface area contributed by atoms with Gasteiger partial charge in [-0.25, -0.2) is 9.18 Å². The first-order chi connectivity index (χ1) is 8.93. The van der Waals surface area contributed by atoms with Crippen LogP contribution in [0.1, 0.15) is 22.3 Å². The zero-order chi connectivity index (χ0) is 14.0. The summed E-state index contributed by atoms with van der Waals surface area (Å²) in [5, 5.41) is 11.8. The van der Waals surface area contributed by atoms with Crippen molar-refractivity contribution in [3.05, 3.63) is 35.1 Å². The Morgan fingerprint density at radius 2 is 2.16 bits per heavy atom. The number of nitrogens with one attached hydrogen (secondary N) is 1. The zero-order valence-electron chi connectivity index (χ0n) is 10.4. The highest BCUT2D eigenvalue weighted by molar-refractivity contribution is 7.99. The molecular formula is C13H14FNO3S. The molecule has 1 fully saturated rings. The minimum absolute atomic E-state index is 0.148. The van der Waals surface area contributed by atoms with E-state index >= 15 is 0 Å². The number of carboxylic acids is 1. The maximum atomic E-state index is 13.3. The van der Waals surface area contributed by atoms with Crippen molar-refractivity contribution in [1.29, 1.82) is 0 Å². The quantitative estimate of drug-likeness (QED) is 0.888. The SMILES string of the molecule is Cc1cc(F)cc(C(=O)NC2(C(=O)O)CCSC2)c1. The molecular weight excluding hydrogens is 269 g/mol. The highest BCUT2D eigenvalue weighted by atomic mass is 32.2. The number of benzene rings is 1. The molecule has 0 radical (unpaired) electrons. The van der Waals surface area contributed by atoms with E-state index in [1.165, 1.54) is 23.9 Å². The molecule has 0 saturated carbocycles. The fourth-order valence-electron chi connectivity index (χ4n) is 2.04. The van der Waals surface area contributed by atoms with Crippen LogP contribution in [0.15, 0.2) is 18.2 Å². The third-order valence-electron chi connectivity index (χ3n) is 3.09. The summed E-state index contributed by atoms with van der Waals surface area (Å²) in [5.41, 5.74) is -0.465. The molecule has 1 aliphatic heterocycles. The average molecular weight is 283 g/mol. The molecule has 1 atom stereocenters. The number of aryl methyl sites for hydroxylation is 1. The van der Waals surface area contributed by atoms with Crippen molar-refractivity contribution in [3.63, 3.8) is 0 Å². The number of carbonyl (C=O) groups is 2. The van der Waals surface area contributed by atoms with Gasteiger partial charge in [0, 0.05) is 11.3 Å². The third kappa shape index (κ3) is 2.89. The Morgan fingerprint density at radius 1 is 1.42 bits per heavy atom. The van der Waals surface area contributed by atoms with Gasteiger partial charge in [-0.15, -0.1) is 0 Å². The van der Waals surface area contributed by atoms with E-state index in [4.69, 9.17) is 0 Å². The van der Waals surface area contributed by atoms with Gasteiger partial charge in [0.1, 0.15) is 11.4 Å². The van der Waals surface area contributed by atoms with Gasteiger partial charge in [0.05, 0.1) is 0 Å². The second-order valence-corrected chi connectivity index (χ2v) is 5.77. The van der Waals surface area contributed by atoms with Gasteiger partial charge in [-0.1, -0.05) is 0 Å². The number of amides is 1. The molecule has 1 aromatic rings. The van der Waals surface area contributed by atoms with E-state index in [9.17, 15) is 19.1 Å². The van der Waals surface area contributed by atoms with Crippen LogP contribution in [0.2, 0.25) is 0 Å². The Morgan fingerprint density at radius 3 is 2.68 bits per heavy atom. The first-order valence-electron chi connectivity index (χ1n) is 5.84. The van der Waals surface area contributed by atoms with E-state index in [1.807, 2.05) is 0 Å². The molecule has 1 aliphatic rings. The van der Waals surface area contributed by atoms with E-state index < -0.39 is 23.2 Å². The summed E-state index contributed by atoms with van der Waals surface area (Å²) in [5.74, 6) is -1.07. The van der Waals surface area contributed by atoms with Crippen molar-refractivity contribution in [2.45, 2.75) is 18.9 Å². The van der Waals surface area contributed by atoms with Gasteiger partial charge >= 0.3 is 5.97 Å². The molecule has 2 N–H and O–H groups in total. The molecule has 1 unspecified atom stereocenters. The van der Waals surface area contributed by atoms with E-state index in [0.717, 1.165) is 6.07 Å². The first-order valence-corrected chi connectivity index (χ1v) is 6.99. The minimum Gasteiger partial charge on any atom is -0.479 e. The Bertz CT molecular complexity index is 506. The second kappa shape index (κ2) is 5.21. The summed E-state index contributed by atoms with van der Waals surface area (Å²) < 4.78 is 13.3. The number of carboxylic acid groups (broad SMARTS) is 1. The molecule has 0 aliphatic carbocycles. The van der Waals surface area contributed by atoms with Gasteiger partial charge in [0.2, 0.25) is 0 Å². The van der Waals surface area contributed by atoms with Crippen LogP contribution in [0.3, 0.4) is 0 Å². The smallest absolute Gasteiger partial charge is 0.330 e. The fraction of sp³-hybridized carbons (Fsp3) is 0.385. The van der Waals surface area contributed by atoms with E-state index in [1.54, 1.807) is 6.92 Å². The maximum Gasteiger partial charge on any atom is 0.330 e. The van der Waals surface area contributed by atoms with Crippen molar-refractivity contribution in [1.82, 2.24) is 5.32 Å². The van der Waals surface area contributed by atoms with Gasteiger partial charge in [-0.3, -0.25) is 4.79 Å². The van der Waals surface area contributed by atoms with Crippen molar-refractivity contribution < 1.29 is 19.1 Å². The minimum atomic E-state index is -1.23. The zero-order valence-corrected chi connectivity index (χ0v) is 11.2. The van der Waals surface area contributed by atoms with Gasteiger partial charge in [-0.2, -0.15) is 11.8 Å². The predicted octanol–water partition coefficient (Wildman–Crippen LogP) is 1.82. The molecule has 1 saturated heterocycles. The first kappa shape index (κ1) is 13.9. The van der Waals surface area contributed by atoms with Crippen LogP contribution < -0.4 is 5.32 Å². The summed E-state index contributed by atoms with van der Waals surface area (Å²) in [6.45, 7) is 1.68. The third-order valence-corrected chi connectivity index (χ3v) is 4.28. The Hall–Kier alpha value is -1.56. The molecule has 0 spiro atoms. The Kier molecular flexibility index (Phi) is 3.80. The average Bonchev–Trinajstić information content (AvgIpc) is 2.77. The number of hydrogen-bond acceptors (Lipinski definition) is 3. The van der Waals surface area contributed by atoms with Crippen LogP contribution in [-0.2, 0) is 4.79 Å². The second-order valence-electron chi connectivity index (χ2n) is 4.66. The summed E-state index contributed by atoms with van der Waals surface area (Å²) in [7, 11) is 0. The number of thioether (sulfide) groups is 1. The van der Waals surface area contributed by atoms with E-state index in [0.29, 0.717) is 23.5 Å². The molecule has 19 heavy (non-hydrogen) atoms. The lowest BCUT2D eigenvalue weighted by Crippen LogP contribution is -2.54. The highest BCUT2D eigenvalue weighted by Crippen LogP contribution is 2.28. The number of hydrogen-bond donors (Lipinski definition) is 2. The highest BCUT2D eigenvalue weighted by Gasteiger charge is 2.43. The molecule has 6 heteroatoms. The lowest BCUT2D eigenvalue weighted by molar-refractivity contribution is -0.143. The fourth-order valence-corrected chi connectivity index (χ4v) is 3.37. The number of carbonyl (C=O) groups excluding carboxylic acids is 1. The number of halogens is 1. The van der Waals surface area contributed by atoms with Crippen LogP contribution in [0, 0.1) is 12.7 Å². The maximum absolute atomic E-state index is 13.3. The summed E-state index contributed by atoms with van der Waals surface area (Å²) >= 11 is 1.48. The van der Waals surface area contributed by atoms with Crippen molar-refractivity contribution >= 4 is 23.6 Å². The van der Waals surface area contributed by atoms with Gasteiger partial charge in [-0.05, 0) is 42.9 Å². The topological polar surface area (TPSA) is 66.4 Å². The summed E-state index contributed by atoms with van der Waals surface area (Å²) in [6, 6.07) is 3.96. The molecule has 0 bridgehead atoms. The van der Waals surface area contributed by atoms with E-state index in [2.05, 4.69) is 5.32 Å². The van der Waals surface area contributed by atoms with Crippen LogP contribution >= 0.6 is 11.8 Å². The van der Waals surface area contributed by atoms with Crippen molar-refractivity contribution in [3.8, 4) is 0 Å². The largest absolute Gasteiger partial charge is 0.479 e. The Balaban J connectivity index is 2.22. The van der Waals surface area contributed by atoms with Crippen LogP contribution in [0.5, 0.6) is 0 Å².